The minimum absolute atomic E-state index is 0.102. The van der Waals surface area contributed by atoms with Crippen molar-refractivity contribution in [3.8, 4) is 5.75 Å². The summed E-state index contributed by atoms with van der Waals surface area (Å²) in [6.45, 7) is 2.81. The lowest BCUT2D eigenvalue weighted by molar-refractivity contribution is 0.0968. The number of carbonyl (C=O) groups is 1. The molecule has 0 saturated carbocycles. The van der Waals surface area contributed by atoms with Gasteiger partial charge in [-0.25, -0.2) is 10.8 Å². The molecule has 1 aliphatic heterocycles. The number of Topliss-reactive ketones (excluding diaryl/α,β-unsaturated/α-hetero) is 1. The van der Waals surface area contributed by atoms with Gasteiger partial charge in [0.1, 0.15) is 5.75 Å². The van der Waals surface area contributed by atoms with Crippen LogP contribution in [0.1, 0.15) is 81.5 Å². The highest BCUT2D eigenvalue weighted by molar-refractivity contribution is 8.11. The van der Waals surface area contributed by atoms with Crippen LogP contribution < -0.4 is 4.74 Å². The van der Waals surface area contributed by atoms with E-state index in [2.05, 4.69) is 6.92 Å². The van der Waals surface area contributed by atoms with E-state index in [1.54, 1.807) is 24.3 Å². The molecule has 1 aromatic carbocycles. The van der Waals surface area contributed by atoms with Crippen molar-refractivity contribution < 1.29 is 14.1 Å². The molecule has 0 fully saturated rings. The van der Waals surface area contributed by atoms with Crippen LogP contribution in [0.5, 0.6) is 5.75 Å². The molecular formula is C25H32ClO3S-. The first kappa shape index (κ1) is 23.3. The van der Waals surface area contributed by atoms with Gasteiger partial charge in [0, 0.05) is 4.90 Å². The average molecular weight is 448 g/mol. The molecule has 0 aromatic heterocycles. The van der Waals surface area contributed by atoms with Crippen LogP contribution >= 0.6 is 22.4 Å². The van der Waals surface area contributed by atoms with Crippen molar-refractivity contribution in [3.63, 3.8) is 0 Å². The summed E-state index contributed by atoms with van der Waals surface area (Å²) in [6.07, 6.45) is 19.8. The van der Waals surface area contributed by atoms with E-state index in [1.165, 1.54) is 51.4 Å². The van der Waals surface area contributed by atoms with E-state index in [1.807, 2.05) is 12.2 Å². The van der Waals surface area contributed by atoms with Crippen LogP contribution in [0.15, 0.2) is 41.3 Å². The Morgan fingerprint density at radius 3 is 2.37 bits per heavy atom. The predicted octanol–water partition coefficient (Wildman–Crippen LogP) is 7.51. The molecule has 0 spiro atoms. The largest absolute Gasteiger partial charge is 0.799 e. The lowest BCUT2D eigenvalue weighted by Gasteiger charge is -2.33. The van der Waals surface area contributed by atoms with Crippen LogP contribution in [-0.2, 0) is 0 Å². The van der Waals surface area contributed by atoms with Crippen LogP contribution in [0.2, 0.25) is 5.02 Å². The predicted molar refractivity (Wildman–Crippen MR) is 127 cm³/mol. The van der Waals surface area contributed by atoms with Gasteiger partial charge >= 0.3 is 0 Å². The molecule has 3 rings (SSSR count). The second-order valence-electron chi connectivity index (χ2n) is 8.04. The zero-order valence-corrected chi connectivity index (χ0v) is 19.4. The monoisotopic (exact) mass is 447 g/mol. The molecule has 1 heterocycles. The second kappa shape index (κ2) is 11.9. The van der Waals surface area contributed by atoms with Crippen LogP contribution in [0.4, 0.5) is 0 Å². The van der Waals surface area contributed by atoms with Crippen molar-refractivity contribution in [2.24, 2.45) is 5.92 Å². The Morgan fingerprint density at radius 2 is 1.67 bits per heavy atom. The normalized spacial score (nSPS) is 19.7. The van der Waals surface area contributed by atoms with Gasteiger partial charge in [-0.2, -0.15) is 0 Å². The zero-order chi connectivity index (χ0) is 21.3. The molecule has 0 N–H and O–H groups in total. The average Bonchev–Trinajstić information content (AvgIpc) is 2.76. The number of hydrogen-bond donors (Lipinski definition) is 0. The van der Waals surface area contributed by atoms with E-state index in [9.17, 15) is 9.35 Å². The number of benzene rings is 1. The van der Waals surface area contributed by atoms with Crippen molar-refractivity contribution in [3.05, 3.63) is 47.0 Å². The number of ketones is 1. The zero-order valence-electron chi connectivity index (χ0n) is 17.8. The Hall–Kier alpha value is -1.36. The third-order valence-corrected chi connectivity index (χ3v) is 7.65. The van der Waals surface area contributed by atoms with Gasteiger partial charge in [-0.05, 0) is 23.4 Å². The summed E-state index contributed by atoms with van der Waals surface area (Å²) in [5.74, 6) is -0.0708. The minimum Gasteiger partial charge on any atom is -0.799 e. The van der Waals surface area contributed by atoms with Gasteiger partial charge in [0.2, 0.25) is 0 Å². The van der Waals surface area contributed by atoms with Gasteiger partial charge in [-0.3, -0.25) is 4.79 Å². The number of halogens is 1. The number of carbonyl (C=O) groups excluding carboxylic acids is 1. The highest BCUT2D eigenvalue weighted by Gasteiger charge is 2.32. The first-order valence-corrected chi connectivity index (χ1v) is 12.8. The Balaban J connectivity index is 1.52. The topological polar surface area (TPSA) is 49.4 Å². The van der Waals surface area contributed by atoms with Gasteiger partial charge in [0.05, 0.1) is 23.1 Å². The van der Waals surface area contributed by atoms with Crippen molar-refractivity contribution in [2.75, 3.05) is 6.61 Å². The van der Waals surface area contributed by atoms with E-state index in [0.29, 0.717) is 32.7 Å². The Bertz CT molecular complexity index is 841. The molecule has 0 radical (unpaired) electrons. The molecule has 0 saturated heterocycles. The molecular weight excluding hydrogens is 416 g/mol. The van der Waals surface area contributed by atoms with Gasteiger partial charge in [0.15, 0.2) is 5.78 Å². The summed E-state index contributed by atoms with van der Waals surface area (Å²) in [4.78, 5) is 14.0. The molecule has 5 heteroatoms. The standard InChI is InChI=1S/C25H32ClO3S/c1-2-3-4-5-6-7-8-9-10-13-18-29-21-17-16-20(26)23-24(27)19-14-11-12-15-22(19)30(28)25(21)23/h11-12,14-17,19H,2-10,13,18H2,1H3/q-1. The Morgan fingerprint density at radius 1 is 1.00 bits per heavy atom. The first-order chi connectivity index (χ1) is 14.6. The number of ether oxygens (including phenoxy) is 1. The summed E-state index contributed by atoms with van der Waals surface area (Å²) < 4.78 is 19.1. The van der Waals surface area contributed by atoms with E-state index in [4.69, 9.17) is 16.3 Å². The van der Waals surface area contributed by atoms with Crippen LogP contribution in [-0.4, -0.2) is 21.8 Å². The second-order valence-corrected chi connectivity index (χ2v) is 9.86. The third kappa shape index (κ3) is 5.66. The lowest BCUT2D eigenvalue weighted by atomic mass is 9.91. The van der Waals surface area contributed by atoms with E-state index >= 15 is 0 Å². The smallest absolute Gasteiger partial charge is 0.177 e. The Labute approximate surface area is 188 Å². The van der Waals surface area contributed by atoms with Crippen molar-refractivity contribution in [1.82, 2.24) is 0 Å². The molecule has 2 unspecified atom stereocenters. The van der Waals surface area contributed by atoms with E-state index in [-0.39, 0.29) is 5.78 Å². The van der Waals surface area contributed by atoms with Crippen molar-refractivity contribution >= 4 is 33.0 Å². The third-order valence-electron chi connectivity index (χ3n) is 5.74. The fraction of sp³-hybridized carbons (Fsp3) is 0.520. The SMILES string of the molecule is CCCCCCCCCCCCOc1ccc(Cl)c2c1S([O-])=C1C=CC=CC1C2=O. The number of allylic oxidation sites excluding steroid dienone is 4. The van der Waals surface area contributed by atoms with Gasteiger partial charge in [-0.1, -0.05) is 101 Å². The molecule has 30 heavy (non-hydrogen) atoms. The highest BCUT2D eigenvalue weighted by Crippen LogP contribution is 2.46. The fourth-order valence-corrected chi connectivity index (χ4v) is 5.90. The van der Waals surface area contributed by atoms with Gasteiger partial charge < -0.3 is 9.29 Å². The molecule has 0 bridgehead atoms. The van der Waals surface area contributed by atoms with Crippen LogP contribution in [0.25, 0.3) is 0 Å². The molecule has 2 aliphatic rings. The lowest BCUT2D eigenvalue weighted by Crippen LogP contribution is -2.27. The number of unbranched alkanes of at least 4 members (excludes halogenated alkanes) is 9. The van der Waals surface area contributed by atoms with E-state index < -0.39 is 16.7 Å². The fourth-order valence-electron chi connectivity index (χ4n) is 4.03. The molecule has 3 nitrogen and oxygen atoms in total. The summed E-state index contributed by atoms with van der Waals surface area (Å²) in [5, 5.41) is 0.344. The quantitative estimate of drug-likeness (QED) is 0.246. The van der Waals surface area contributed by atoms with Crippen LogP contribution in [0, 0.1) is 5.92 Å². The van der Waals surface area contributed by atoms with Crippen molar-refractivity contribution in [2.45, 2.75) is 76.0 Å². The van der Waals surface area contributed by atoms with Crippen LogP contribution in [0.3, 0.4) is 0 Å². The van der Waals surface area contributed by atoms with Gasteiger partial charge in [-0.15, -0.1) is 0 Å². The summed E-state index contributed by atoms with van der Waals surface area (Å²) in [5.41, 5.74) is 0.351. The molecule has 1 aromatic rings. The summed E-state index contributed by atoms with van der Waals surface area (Å²) in [7, 11) is -1.44. The minimum atomic E-state index is -1.44. The van der Waals surface area contributed by atoms with Crippen molar-refractivity contribution in [1.29, 1.82) is 0 Å². The highest BCUT2D eigenvalue weighted by atomic mass is 35.5. The number of rotatable bonds is 12. The number of hydrogen-bond acceptors (Lipinski definition) is 3. The molecule has 164 valence electrons. The first-order valence-electron chi connectivity index (χ1n) is 11.3. The van der Waals surface area contributed by atoms with Gasteiger partial charge in [0.25, 0.3) is 0 Å². The molecule has 1 aliphatic carbocycles. The maximum atomic E-state index is 13.2. The number of fused-ring (bicyclic) bond motifs is 2. The summed E-state index contributed by atoms with van der Waals surface area (Å²) in [6, 6.07) is 3.42. The van der Waals surface area contributed by atoms with E-state index in [0.717, 1.165) is 12.8 Å². The maximum Gasteiger partial charge on any atom is 0.177 e. The molecule has 0 amide bonds. The Kier molecular flexibility index (Phi) is 9.23. The summed E-state index contributed by atoms with van der Waals surface area (Å²) >= 11 is 6.32. The molecule has 2 atom stereocenters. The maximum absolute atomic E-state index is 13.2.